The third kappa shape index (κ3) is 2.15. The summed E-state index contributed by atoms with van der Waals surface area (Å²) in [5, 5.41) is 5.17. The third-order valence-electron chi connectivity index (χ3n) is 4.09. The fourth-order valence-corrected chi connectivity index (χ4v) is 3.14. The SMILES string of the molecule is Cc1cccc2c(Cl)nc(-c3ccc4ccccc4c3)cc12. The van der Waals surface area contributed by atoms with Crippen LogP contribution in [-0.4, -0.2) is 4.98 Å². The van der Waals surface area contributed by atoms with E-state index in [2.05, 4.69) is 66.5 Å². The summed E-state index contributed by atoms with van der Waals surface area (Å²) in [4.78, 5) is 4.58. The molecule has 22 heavy (non-hydrogen) atoms. The Morgan fingerprint density at radius 3 is 2.45 bits per heavy atom. The van der Waals surface area contributed by atoms with Crippen LogP contribution in [0.15, 0.2) is 66.7 Å². The van der Waals surface area contributed by atoms with E-state index in [1.807, 2.05) is 12.1 Å². The Kier molecular flexibility index (Phi) is 3.09. The summed E-state index contributed by atoms with van der Waals surface area (Å²) in [6.07, 6.45) is 0. The second-order valence-electron chi connectivity index (χ2n) is 5.53. The molecule has 0 aliphatic heterocycles. The highest BCUT2D eigenvalue weighted by Crippen LogP contribution is 2.30. The molecule has 0 saturated carbocycles. The zero-order valence-corrected chi connectivity index (χ0v) is 12.9. The molecule has 3 aromatic carbocycles. The average molecular weight is 304 g/mol. The van der Waals surface area contributed by atoms with Crippen LogP contribution in [0.1, 0.15) is 5.56 Å². The molecule has 0 aliphatic rings. The van der Waals surface area contributed by atoms with Gasteiger partial charge in [-0.1, -0.05) is 66.2 Å². The van der Waals surface area contributed by atoms with E-state index < -0.39 is 0 Å². The molecule has 1 heterocycles. The van der Waals surface area contributed by atoms with E-state index in [0.717, 1.165) is 22.0 Å². The lowest BCUT2D eigenvalue weighted by molar-refractivity contribution is 1.35. The van der Waals surface area contributed by atoms with Crippen LogP contribution in [0, 0.1) is 6.92 Å². The number of hydrogen-bond donors (Lipinski definition) is 0. The normalized spacial score (nSPS) is 11.2. The number of fused-ring (bicyclic) bond motifs is 2. The van der Waals surface area contributed by atoms with E-state index in [1.54, 1.807) is 0 Å². The molecule has 0 N–H and O–H groups in total. The summed E-state index contributed by atoms with van der Waals surface area (Å²) < 4.78 is 0. The van der Waals surface area contributed by atoms with Crippen LogP contribution in [-0.2, 0) is 0 Å². The molecule has 0 unspecified atom stereocenters. The second-order valence-corrected chi connectivity index (χ2v) is 5.89. The van der Waals surface area contributed by atoms with Crippen LogP contribution in [0.4, 0.5) is 0 Å². The molecule has 0 bridgehead atoms. The van der Waals surface area contributed by atoms with Gasteiger partial charge in [0.05, 0.1) is 5.69 Å². The van der Waals surface area contributed by atoms with Crippen molar-refractivity contribution >= 4 is 33.1 Å². The summed E-state index contributed by atoms with van der Waals surface area (Å²) in [6, 6.07) is 23.0. The quantitative estimate of drug-likeness (QED) is 0.392. The van der Waals surface area contributed by atoms with Crippen LogP contribution < -0.4 is 0 Å². The molecule has 0 amide bonds. The molecule has 106 valence electrons. The van der Waals surface area contributed by atoms with Crippen molar-refractivity contribution in [2.75, 3.05) is 0 Å². The number of pyridine rings is 1. The monoisotopic (exact) mass is 303 g/mol. The average Bonchev–Trinajstić information content (AvgIpc) is 2.55. The third-order valence-corrected chi connectivity index (χ3v) is 4.38. The zero-order valence-electron chi connectivity index (χ0n) is 12.2. The summed E-state index contributed by atoms with van der Waals surface area (Å²) in [5.74, 6) is 0. The maximum atomic E-state index is 6.39. The van der Waals surface area contributed by atoms with Gasteiger partial charge in [-0.3, -0.25) is 0 Å². The highest BCUT2D eigenvalue weighted by atomic mass is 35.5. The molecular weight excluding hydrogens is 290 g/mol. The summed E-state index contributed by atoms with van der Waals surface area (Å²) in [6.45, 7) is 2.10. The van der Waals surface area contributed by atoms with Gasteiger partial charge in [0.1, 0.15) is 5.15 Å². The van der Waals surface area contributed by atoms with Gasteiger partial charge in [-0.2, -0.15) is 0 Å². The van der Waals surface area contributed by atoms with E-state index in [-0.39, 0.29) is 0 Å². The highest BCUT2D eigenvalue weighted by Gasteiger charge is 2.08. The number of aryl methyl sites for hydroxylation is 1. The summed E-state index contributed by atoms with van der Waals surface area (Å²) in [5.41, 5.74) is 3.21. The first-order valence-corrected chi connectivity index (χ1v) is 7.65. The Hall–Kier alpha value is -2.38. The first-order valence-electron chi connectivity index (χ1n) is 7.27. The minimum absolute atomic E-state index is 0.560. The van der Waals surface area contributed by atoms with Gasteiger partial charge in [-0.05, 0) is 40.8 Å². The fraction of sp³-hybridized carbons (Fsp3) is 0.0500. The maximum Gasteiger partial charge on any atom is 0.137 e. The Bertz CT molecular complexity index is 1000. The van der Waals surface area contributed by atoms with Crippen molar-refractivity contribution in [3.8, 4) is 11.3 Å². The van der Waals surface area contributed by atoms with Crippen LogP contribution in [0.2, 0.25) is 5.15 Å². The summed E-state index contributed by atoms with van der Waals surface area (Å²) in [7, 11) is 0. The lowest BCUT2D eigenvalue weighted by Crippen LogP contribution is -1.88. The molecule has 1 aromatic heterocycles. The maximum absolute atomic E-state index is 6.39. The number of halogens is 1. The minimum Gasteiger partial charge on any atom is -0.235 e. The van der Waals surface area contributed by atoms with Gasteiger partial charge in [-0.25, -0.2) is 4.98 Å². The predicted molar refractivity (Wildman–Crippen MR) is 94.4 cm³/mol. The van der Waals surface area contributed by atoms with Crippen molar-refractivity contribution < 1.29 is 0 Å². The van der Waals surface area contributed by atoms with Crippen LogP contribution in [0.3, 0.4) is 0 Å². The molecule has 0 atom stereocenters. The van der Waals surface area contributed by atoms with Crippen molar-refractivity contribution in [1.29, 1.82) is 0 Å². The Balaban J connectivity index is 1.97. The largest absolute Gasteiger partial charge is 0.235 e. The van der Waals surface area contributed by atoms with Crippen LogP contribution in [0.25, 0.3) is 32.8 Å². The van der Waals surface area contributed by atoms with E-state index in [1.165, 1.54) is 16.3 Å². The van der Waals surface area contributed by atoms with Crippen LogP contribution >= 0.6 is 11.6 Å². The van der Waals surface area contributed by atoms with Gasteiger partial charge < -0.3 is 0 Å². The molecule has 1 nitrogen and oxygen atoms in total. The van der Waals surface area contributed by atoms with Crippen molar-refractivity contribution in [3.05, 3.63) is 77.4 Å². The number of nitrogens with zero attached hydrogens (tertiary/aromatic N) is 1. The second kappa shape index (κ2) is 5.11. The van der Waals surface area contributed by atoms with Gasteiger partial charge in [-0.15, -0.1) is 0 Å². The van der Waals surface area contributed by atoms with Crippen molar-refractivity contribution in [2.24, 2.45) is 0 Å². The molecule has 4 rings (SSSR count). The number of rotatable bonds is 1. The van der Waals surface area contributed by atoms with Gasteiger partial charge >= 0.3 is 0 Å². The topological polar surface area (TPSA) is 12.9 Å². The lowest BCUT2D eigenvalue weighted by Gasteiger charge is -2.08. The smallest absolute Gasteiger partial charge is 0.137 e. The predicted octanol–water partition coefficient (Wildman–Crippen LogP) is 6.02. The molecule has 4 aromatic rings. The first-order chi connectivity index (χ1) is 10.7. The van der Waals surface area contributed by atoms with Gasteiger partial charge in [0, 0.05) is 10.9 Å². The molecule has 2 heteroatoms. The summed E-state index contributed by atoms with van der Waals surface area (Å²) >= 11 is 6.39. The zero-order chi connectivity index (χ0) is 15.1. The molecular formula is C20H14ClN. The lowest BCUT2D eigenvalue weighted by atomic mass is 10.0. The standard InChI is InChI=1S/C20H14ClN/c1-13-5-4-8-17-18(13)12-19(22-20(17)21)16-10-9-14-6-2-3-7-15(14)11-16/h2-12H,1H3. The number of aromatic nitrogens is 1. The van der Waals surface area contributed by atoms with Crippen molar-refractivity contribution in [2.45, 2.75) is 6.92 Å². The Morgan fingerprint density at radius 2 is 1.59 bits per heavy atom. The van der Waals surface area contributed by atoms with Crippen molar-refractivity contribution in [3.63, 3.8) is 0 Å². The van der Waals surface area contributed by atoms with Gasteiger partial charge in [0.2, 0.25) is 0 Å². The van der Waals surface area contributed by atoms with Gasteiger partial charge in [0.15, 0.2) is 0 Å². The highest BCUT2D eigenvalue weighted by molar-refractivity contribution is 6.34. The van der Waals surface area contributed by atoms with Gasteiger partial charge in [0.25, 0.3) is 0 Å². The Morgan fingerprint density at radius 1 is 0.773 bits per heavy atom. The molecule has 0 saturated heterocycles. The number of benzene rings is 3. The fourth-order valence-electron chi connectivity index (χ4n) is 2.88. The Labute approximate surface area is 134 Å². The number of hydrogen-bond acceptors (Lipinski definition) is 1. The molecule has 0 radical (unpaired) electrons. The molecule has 0 spiro atoms. The van der Waals surface area contributed by atoms with E-state index in [9.17, 15) is 0 Å². The molecule has 0 aliphatic carbocycles. The van der Waals surface area contributed by atoms with Crippen LogP contribution in [0.5, 0.6) is 0 Å². The van der Waals surface area contributed by atoms with Crippen molar-refractivity contribution in [1.82, 2.24) is 4.98 Å². The minimum atomic E-state index is 0.560. The van der Waals surface area contributed by atoms with E-state index in [4.69, 9.17) is 11.6 Å². The van der Waals surface area contributed by atoms with E-state index in [0.29, 0.717) is 5.15 Å². The molecule has 0 fully saturated rings. The van der Waals surface area contributed by atoms with E-state index >= 15 is 0 Å². The first kappa shape index (κ1) is 13.3.